The SMILES string of the molecule is CN(C(=O)C(F)(F)C(F)F)c1ccc(C#N)cc1. The summed E-state index contributed by atoms with van der Waals surface area (Å²) in [5.74, 6) is -6.73. The molecule has 1 aromatic rings. The Bertz CT molecular complexity index is 479. The third-order valence-corrected chi connectivity index (χ3v) is 2.25. The first-order chi connectivity index (χ1) is 8.30. The second kappa shape index (κ2) is 5.04. The molecule has 0 aliphatic rings. The van der Waals surface area contributed by atoms with Gasteiger partial charge in [-0.1, -0.05) is 0 Å². The topological polar surface area (TPSA) is 44.1 Å². The maximum Gasteiger partial charge on any atom is 0.384 e. The summed E-state index contributed by atoms with van der Waals surface area (Å²) in [4.78, 5) is 11.6. The van der Waals surface area contributed by atoms with E-state index in [0.29, 0.717) is 4.90 Å². The van der Waals surface area contributed by atoms with Crippen LogP contribution < -0.4 is 4.90 Å². The minimum absolute atomic E-state index is 0.000625. The summed E-state index contributed by atoms with van der Waals surface area (Å²) in [5.41, 5.74) is 0.263. The van der Waals surface area contributed by atoms with Gasteiger partial charge in [-0.2, -0.15) is 14.0 Å². The molecule has 0 unspecified atom stereocenters. The molecule has 1 aromatic carbocycles. The molecular weight excluding hydrogens is 252 g/mol. The predicted octanol–water partition coefficient (Wildman–Crippen LogP) is 2.42. The van der Waals surface area contributed by atoms with Crippen molar-refractivity contribution in [2.75, 3.05) is 11.9 Å². The van der Waals surface area contributed by atoms with Crippen molar-refractivity contribution < 1.29 is 22.4 Å². The molecule has 18 heavy (non-hydrogen) atoms. The summed E-state index contributed by atoms with van der Waals surface area (Å²) >= 11 is 0. The zero-order chi connectivity index (χ0) is 13.9. The van der Waals surface area contributed by atoms with Crippen LogP contribution in [0.1, 0.15) is 5.56 Å². The van der Waals surface area contributed by atoms with E-state index in [2.05, 4.69) is 0 Å². The van der Waals surface area contributed by atoms with Crippen LogP contribution >= 0.6 is 0 Å². The van der Waals surface area contributed by atoms with E-state index >= 15 is 0 Å². The molecule has 0 fully saturated rings. The Kier molecular flexibility index (Phi) is 3.91. The molecule has 0 aromatic heterocycles. The van der Waals surface area contributed by atoms with Crippen LogP contribution in [0.2, 0.25) is 0 Å². The van der Waals surface area contributed by atoms with Gasteiger partial charge < -0.3 is 4.90 Å². The molecular formula is C11H8F4N2O. The molecule has 0 aliphatic carbocycles. The lowest BCUT2D eigenvalue weighted by atomic mass is 10.2. The summed E-state index contributed by atoms with van der Waals surface area (Å²) < 4.78 is 49.7. The molecule has 0 aliphatic heterocycles. The summed E-state index contributed by atoms with van der Waals surface area (Å²) in [6.45, 7) is 0. The molecule has 0 bridgehead atoms. The minimum Gasteiger partial charge on any atom is -0.310 e. The average molecular weight is 260 g/mol. The standard InChI is InChI=1S/C11H8F4N2O/c1-17(10(18)11(14,15)9(12)13)8-4-2-7(6-16)3-5-8/h2-5,9H,1H3. The summed E-state index contributed by atoms with van der Waals surface area (Å²) in [6.07, 6.45) is -4.06. The number of halogens is 4. The van der Waals surface area contributed by atoms with Crippen molar-refractivity contribution in [3.8, 4) is 6.07 Å². The third kappa shape index (κ3) is 2.59. The highest BCUT2D eigenvalue weighted by atomic mass is 19.3. The summed E-state index contributed by atoms with van der Waals surface area (Å²) in [7, 11) is 0.958. The van der Waals surface area contributed by atoms with Crippen molar-refractivity contribution in [2.45, 2.75) is 12.3 Å². The zero-order valence-electron chi connectivity index (χ0n) is 9.20. The lowest BCUT2D eigenvalue weighted by Crippen LogP contribution is -2.46. The Morgan fingerprint density at radius 1 is 1.33 bits per heavy atom. The largest absolute Gasteiger partial charge is 0.384 e. The van der Waals surface area contributed by atoms with Crippen LogP contribution in [0.5, 0.6) is 0 Å². The molecule has 0 atom stereocenters. The lowest BCUT2D eigenvalue weighted by molar-refractivity contribution is -0.166. The van der Waals surface area contributed by atoms with Crippen molar-refractivity contribution in [3.05, 3.63) is 29.8 Å². The second-order valence-corrected chi connectivity index (χ2v) is 3.45. The van der Waals surface area contributed by atoms with E-state index in [-0.39, 0.29) is 11.3 Å². The predicted molar refractivity (Wildman–Crippen MR) is 55.5 cm³/mol. The molecule has 96 valence electrons. The monoisotopic (exact) mass is 260 g/mol. The Balaban J connectivity index is 2.97. The number of benzene rings is 1. The van der Waals surface area contributed by atoms with E-state index in [1.54, 1.807) is 6.07 Å². The van der Waals surface area contributed by atoms with Crippen molar-refractivity contribution in [3.63, 3.8) is 0 Å². The summed E-state index contributed by atoms with van der Waals surface area (Å²) in [6, 6.07) is 6.82. The molecule has 1 amide bonds. The maximum absolute atomic E-state index is 12.8. The van der Waals surface area contributed by atoms with Crippen molar-refractivity contribution in [1.82, 2.24) is 0 Å². The number of hydrogen-bond donors (Lipinski definition) is 0. The van der Waals surface area contributed by atoms with Crippen molar-refractivity contribution in [2.24, 2.45) is 0 Å². The highest BCUT2D eigenvalue weighted by Crippen LogP contribution is 2.27. The van der Waals surface area contributed by atoms with Gasteiger partial charge in [0.25, 0.3) is 0 Å². The number of anilines is 1. The van der Waals surface area contributed by atoms with Gasteiger partial charge in [-0.05, 0) is 24.3 Å². The molecule has 0 spiro atoms. The first-order valence-corrected chi connectivity index (χ1v) is 4.75. The normalized spacial score (nSPS) is 11.2. The Morgan fingerprint density at radius 3 is 2.22 bits per heavy atom. The van der Waals surface area contributed by atoms with E-state index in [9.17, 15) is 22.4 Å². The molecule has 0 heterocycles. The van der Waals surface area contributed by atoms with Crippen LogP contribution in [0.15, 0.2) is 24.3 Å². The number of carbonyl (C=O) groups is 1. The van der Waals surface area contributed by atoms with Gasteiger partial charge in [0.05, 0.1) is 11.6 Å². The van der Waals surface area contributed by atoms with Crippen LogP contribution in [-0.4, -0.2) is 25.3 Å². The fraction of sp³-hybridized carbons (Fsp3) is 0.273. The Labute approximate surface area is 100 Å². The number of rotatable bonds is 3. The number of alkyl halides is 4. The lowest BCUT2D eigenvalue weighted by Gasteiger charge is -2.22. The van der Waals surface area contributed by atoms with Gasteiger partial charge in [0, 0.05) is 12.7 Å². The molecule has 0 radical (unpaired) electrons. The molecule has 7 heteroatoms. The van der Waals surface area contributed by atoms with Crippen LogP contribution in [-0.2, 0) is 4.79 Å². The Hall–Kier alpha value is -2.10. The van der Waals surface area contributed by atoms with Crippen LogP contribution in [0, 0.1) is 11.3 Å². The second-order valence-electron chi connectivity index (χ2n) is 3.45. The number of hydrogen-bond acceptors (Lipinski definition) is 2. The van der Waals surface area contributed by atoms with E-state index in [1.165, 1.54) is 24.3 Å². The van der Waals surface area contributed by atoms with Crippen molar-refractivity contribution in [1.29, 1.82) is 5.26 Å². The van der Waals surface area contributed by atoms with Crippen LogP contribution in [0.25, 0.3) is 0 Å². The quantitative estimate of drug-likeness (QED) is 0.783. The van der Waals surface area contributed by atoms with Gasteiger partial charge in [-0.15, -0.1) is 0 Å². The van der Waals surface area contributed by atoms with Gasteiger partial charge >= 0.3 is 18.3 Å². The van der Waals surface area contributed by atoms with Crippen molar-refractivity contribution >= 4 is 11.6 Å². The highest BCUT2D eigenvalue weighted by Gasteiger charge is 2.50. The fourth-order valence-corrected chi connectivity index (χ4v) is 1.19. The first kappa shape index (κ1) is 14.0. The number of nitriles is 1. The van der Waals surface area contributed by atoms with Gasteiger partial charge in [0.1, 0.15) is 0 Å². The van der Waals surface area contributed by atoms with Gasteiger partial charge in [-0.3, -0.25) is 4.79 Å². The fourth-order valence-electron chi connectivity index (χ4n) is 1.19. The molecule has 0 saturated heterocycles. The Morgan fingerprint density at radius 2 is 1.83 bits per heavy atom. The smallest absolute Gasteiger partial charge is 0.310 e. The highest BCUT2D eigenvalue weighted by molar-refractivity contribution is 5.98. The molecule has 0 saturated carbocycles. The first-order valence-electron chi connectivity index (χ1n) is 4.75. The minimum atomic E-state index is -4.73. The van der Waals surface area contributed by atoms with E-state index in [1.807, 2.05) is 0 Å². The summed E-state index contributed by atoms with van der Waals surface area (Å²) in [5, 5.41) is 8.53. The molecule has 0 N–H and O–H groups in total. The van der Waals surface area contributed by atoms with E-state index < -0.39 is 18.3 Å². The number of carbonyl (C=O) groups excluding carboxylic acids is 1. The van der Waals surface area contributed by atoms with E-state index in [4.69, 9.17) is 5.26 Å². The third-order valence-electron chi connectivity index (χ3n) is 2.25. The van der Waals surface area contributed by atoms with Gasteiger partial charge in [-0.25, -0.2) is 8.78 Å². The average Bonchev–Trinajstić information content (AvgIpc) is 2.36. The zero-order valence-corrected chi connectivity index (χ0v) is 9.20. The van der Waals surface area contributed by atoms with Gasteiger partial charge in [0.2, 0.25) is 0 Å². The number of nitrogens with zero attached hydrogens (tertiary/aromatic N) is 2. The maximum atomic E-state index is 12.8. The number of amides is 1. The van der Waals surface area contributed by atoms with E-state index in [0.717, 1.165) is 7.05 Å². The van der Waals surface area contributed by atoms with Gasteiger partial charge in [0.15, 0.2) is 0 Å². The molecule has 3 nitrogen and oxygen atoms in total. The van der Waals surface area contributed by atoms with Crippen LogP contribution in [0.4, 0.5) is 23.2 Å². The molecule has 1 rings (SSSR count). The van der Waals surface area contributed by atoms with Crippen LogP contribution in [0.3, 0.4) is 0 Å².